The van der Waals surface area contributed by atoms with Crippen molar-refractivity contribution >= 4 is 28.9 Å². The van der Waals surface area contributed by atoms with E-state index in [1.807, 2.05) is 4.90 Å². The van der Waals surface area contributed by atoms with Crippen molar-refractivity contribution in [3.63, 3.8) is 0 Å². The molecule has 8 heteroatoms. The summed E-state index contributed by atoms with van der Waals surface area (Å²) in [7, 11) is 0. The van der Waals surface area contributed by atoms with E-state index in [1.165, 1.54) is 6.07 Å². The van der Waals surface area contributed by atoms with Gasteiger partial charge >= 0.3 is 0 Å². The van der Waals surface area contributed by atoms with Crippen molar-refractivity contribution < 1.29 is 14.1 Å². The lowest BCUT2D eigenvalue weighted by Gasteiger charge is -2.35. The fourth-order valence-corrected chi connectivity index (χ4v) is 3.09. The normalized spacial score (nSPS) is 14.8. The maximum absolute atomic E-state index is 12.4. The fourth-order valence-electron chi connectivity index (χ4n) is 2.80. The van der Waals surface area contributed by atoms with Crippen LogP contribution in [0.1, 0.15) is 16.3 Å². The molecule has 2 heterocycles. The van der Waals surface area contributed by atoms with Crippen molar-refractivity contribution in [1.82, 2.24) is 4.90 Å². The maximum Gasteiger partial charge on any atom is 0.294 e. The molecule has 1 aliphatic heterocycles. The molecular formula is C16H16ClN3O4. The summed E-state index contributed by atoms with van der Waals surface area (Å²) >= 11 is 6.16. The van der Waals surface area contributed by atoms with Crippen LogP contribution in [0.2, 0.25) is 5.02 Å². The van der Waals surface area contributed by atoms with E-state index in [4.69, 9.17) is 16.0 Å². The van der Waals surface area contributed by atoms with Gasteiger partial charge < -0.3 is 14.2 Å². The number of hydrogen-bond donors (Lipinski definition) is 0. The molecule has 0 saturated carbocycles. The Balaban J connectivity index is 1.74. The summed E-state index contributed by atoms with van der Waals surface area (Å²) < 4.78 is 5.36. The molecule has 1 aromatic carbocycles. The number of carbonyl (C=O) groups excluding carboxylic acids is 1. The number of para-hydroxylation sites is 1. The van der Waals surface area contributed by atoms with Crippen molar-refractivity contribution in [3.8, 4) is 0 Å². The Bertz CT molecular complexity index is 781. The number of nitro groups is 1. The van der Waals surface area contributed by atoms with Crippen molar-refractivity contribution in [1.29, 1.82) is 0 Å². The Hall–Kier alpha value is -2.54. The quantitative estimate of drug-likeness (QED) is 0.628. The lowest BCUT2D eigenvalue weighted by atomic mass is 10.2. The number of anilines is 1. The average molecular weight is 350 g/mol. The molecule has 7 nitrogen and oxygen atoms in total. The first-order valence-corrected chi connectivity index (χ1v) is 7.88. The molecule has 0 bridgehead atoms. The lowest BCUT2D eigenvalue weighted by Crippen LogP contribution is -2.49. The number of amides is 1. The highest BCUT2D eigenvalue weighted by Gasteiger charge is 2.28. The first-order chi connectivity index (χ1) is 11.5. The number of halogens is 1. The molecular weight excluding hydrogens is 334 g/mol. The summed E-state index contributed by atoms with van der Waals surface area (Å²) in [6.07, 6.45) is 0. The number of rotatable bonds is 3. The Morgan fingerprint density at radius 1 is 1.21 bits per heavy atom. The van der Waals surface area contributed by atoms with Crippen LogP contribution in [0.5, 0.6) is 0 Å². The number of hydrogen-bond acceptors (Lipinski definition) is 5. The third kappa shape index (κ3) is 3.07. The van der Waals surface area contributed by atoms with Crippen LogP contribution in [0.25, 0.3) is 0 Å². The molecule has 0 atom stereocenters. The maximum atomic E-state index is 12.4. The standard InChI is InChI=1S/C16H16ClN3O4/c1-11-5-6-14(24-11)16(21)19-9-7-18(8-10-19)15-12(17)3-2-4-13(15)20(22)23/h2-6H,7-10H2,1H3. The Kier molecular flexibility index (Phi) is 4.44. The van der Waals surface area contributed by atoms with Gasteiger partial charge in [-0.2, -0.15) is 0 Å². The molecule has 2 aromatic rings. The van der Waals surface area contributed by atoms with Gasteiger partial charge in [0, 0.05) is 32.2 Å². The minimum absolute atomic E-state index is 0.0241. The fraction of sp³-hybridized carbons (Fsp3) is 0.312. The molecule has 126 valence electrons. The van der Waals surface area contributed by atoms with Gasteiger partial charge in [0.05, 0.1) is 9.95 Å². The van der Waals surface area contributed by atoms with Crippen LogP contribution in [0.15, 0.2) is 34.7 Å². The van der Waals surface area contributed by atoms with E-state index in [2.05, 4.69) is 0 Å². The second kappa shape index (κ2) is 6.52. The summed E-state index contributed by atoms with van der Waals surface area (Å²) in [5.41, 5.74) is 0.383. The molecule has 0 unspecified atom stereocenters. The van der Waals surface area contributed by atoms with Crippen LogP contribution in [-0.2, 0) is 0 Å². The number of benzene rings is 1. The van der Waals surface area contributed by atoms with Gasteiger partial charge in [0.25, 0.3) is 11.6 Å². The van der Waals surface area contributed by atoms with E-state index in [-0.39, 0.29) is 11.6 Å². The van der Waals surface area contributed by atoms with E-state index in [0.29, 0.717) is 48.4 Å². The van der Waals surface area contributed by atoms with Gasteiger partial charge in [0.15, 0.2) is 5.76 Å². The number of piperazine rings is 1. The molecule has 1 amide bonds. The van der Waals surface area contributed by atoms with Crippen molar-refractivity contribution in [2.24, 2.45) is 0 Å². The zero-order valence-corrected chi connectivity index (χ0v) is 13.8. The van der Waals surface area contributed by atoms with Crippen LogP contribution in [0, 0.1) is 17.0 Å². The Morgan fingerprint density at radius 2 is 1.92 bits per heavy atom. The molecule has 3 rings (SSSR count). The molecule has 1 fully saturated rings. The highest BCUT2D eigenvalue weighted by atomic mass is 35.5. The minimum atomic E-state index is -0.440. The highest BCUT2D eigenvalue weighted by molar-refractivity contribution is 6.33. The van der Waals surface area contributed by atoms with Crippen LogP contribution in [0.3, 0.4) is 0 Å². The first kappa shape index (κ1) is 16.3. The van der Waals surface area contributed by atoms with Crippen molar-refractivity contribution in [2.45, 2.75) is 6.92 Å². The second-order valence-electron chi connectivity index (χ2n) is 5.55. The van der Waals surface area contributed by atoms with Gasteiger partial charge in [0.2, 0.25) is 0 Å². The van der Waals surface area contributed by atoms with Gasteiger partial charge in [-0.3, -0.25) is 14.9 Å². The number of furan rings is 1. The van der Waals surface area contributed by atoms with E-state index < -0.39 is 4.92 Å². The third-order valence-corrected chi connectivity index (χ3v) is 4.30. The van der Waals surface area contributed by atoms with Gasteiger partial charge in [-0.25, -0.2) is 0 Å². The second-order valence-corrected chi connectivity index (χ2v) is 5.96. The SMILES string of the molecule is Cc1ccc(C(=O)N2CCN(c3c(Cl)cccc3[N+](=O)[O-])CC2)o1. The van der Waals surface area contributed by atoms with Crippen LogP contribution >= 0.6 is 11.6 Å². The number of nitro benzene ring substituents is 1. The van der Waals surface area contributed by atoms with Crippen LogP contribution in [0.4, 0.5) is 11.4 Å². The van der Waals surface area contributed by atoms with Crippen LogP contribution in [-0.4, -0.2) is 41.9 Å². The topological polar surface area (TPSA) is 79.8 Å². The van der Waals surface area contributed by atoms with E-state index >= 15 is 0 Å². The Morgan fingerprint density at radius 3 is 2.50 bits per heavy atom. The van der Waals surface area contributed by atoms with E-state index in [1.54, 1.807) is 36.1 Å². The molecule has 0 aliphatic carbocycles. The van der Waals surface area contributed by atoms with E-state index in [0.717, 1.165) is 0 Å². The van der Waals surface area contributed by atoms with E-state index in [9.17, 15) is 14.9 Å². The van der Waals surface area contributed by atoms with Crippen molar-refractivity contribution in [3.05, 3.63) is 57.0 Å². The van der Waals surface area contributed by atoms with Crippen molar-refractivity contribution in [2.75, 3.05) is 31.1 Å². The largest absolute Gasteiger partial charge is 0.456 e. The van der Waals surface area contributed by atoms with Gasteiger partial charge in [-0.05, 0) is 25.1 Å². The summed E-state index contributed by atoms with van der Waals surface area (Å²) in [5.74, 6) is 0.824. The predicted octanol–water partition coefficient (Wildman–Crippen LogP) is 3.11. The number of carbonyl (C=O) groups is 1. The van der Waals surface area contributed by atoms with Gasteiger partial charge in [0.1, 0.15) is 11.4 Å². The zero-order chi connectivity index (χ0) is 17.3. The molecule has 0 N–H and O–H groups in total. The van der Waals surface area contributed by atoms with Gasteiger partial charge in [-0.15, -0.1) is 0 Å². The van der Waals surface area contributed by atoms with Crippen LogP contribution < -0.4 is 4.90 Å². The number of nitrogens with zero attached hydrogens (tertiary/aromatic N) is 3. The smallest absolute Gasteiger partial charge is 0.294 e. The monoisotopic (exact) mass is 349 g/mol. The minimum Gasteiger partial charge on any atom is -0.456 e. The Labute approximate surface area is 143 Å². The molecule has 0 radical (unpaired) electrons. The average Bonchev–Trinajstić information content (AvgIpc) is 3.00. The third-order valence-electron chi connectivity index (χ3n) is 4.00. The summed E-state index contributed by atoms with van der Waals surface area (Å²) in [6, 6.07) is 8.03. The summed E-state index contributed by atoms with van der Waals surface area (Å²) in [6.45, 7) is 3.61. The highest BCUT2D eigenvalue weighted by Crippen LogP contribution is 2.35. The first-order valence-electron chi connectivity index (χ1n) is 7.51. The predicted molar refractivity (Wildman–Crippen MR) is 89.7 cm³/mol. The molecule has 1 aromatic heterocycles. The molecule has 0 spiro atoms. The molecule has 1 aliphatic rings. The lowest BCUT2D eigenvalue weighted by molar-refractivity contribution is -0.384. The molecule has 1 saturated heterocycles. The molecule has 24 heavy (non-hydrogen) atoms. The summed E-state index contributed by atoms with van der Waals surface area (Å²) in [4.78, 5) is 26.7. The zero-order valence-electron chi connectivity index (χ0n) is 13.1. The summed E-state index contributed by atoms with van der Waals surface area (Å²) in [5, 5.41) is 11.6. The van der Waals surface area contributed by atoms with Gasteiger partial charge in [-0.1, -0.05) is 17.7 Å². The number of aryl methyl sites for hydroxylation is 1.